The maximum absolute atomic E-state index is 13.6. The lowest BCUT2D eigenvalue weighted by atomic mass is 10.1. The maximum atomic E-state index is 13.6. The minimum Gasteiger partial charge on any atom is -0.376 e. The summed E-state index contributed by atoms with van der Waals surface area (Å²) in [4.78, 5) is 0. The number of halogens is 4. The summed E-state index contributed by atoms with van der Waals surface area (Å²) in [5.74, 6) is -0.314. The number of hydrogen-bond donors (Lipinski definition) is 1. The standard InChI is InChI=1S/C14H11Cl3FN/c1-8(19-12-5-3-2-4-11(12)18)9-6-7-10(15)14(17)13(9)16/h2-8,19H,1H3. The smallest absolute Gasteiger partial charge is 0.146 e. The van der Waals surface area contributed by atoms with Crippen LogP contribution in [0.3, 0.4) is 0 Å². The van der Waals surface area contributed by atoms with Crippen LogP contribution >= 0.6 is 34.8 Å². The molecule has 19 heavy (non-hydrogen) atoms. The lowest BCUT2D eigenvalue weighted by Crippen LogP contribution is -2.08. The van der Waals surface area contributed by atoms with Crippen LogP contribution < -0.4 is 5.32 Å². The van der Waals surface area contributed by atoms with Crippen LogP contribution in [0.15, 0.2) is 36.4 Å². The number of para-hydroxylation sites is 1. The topological polar surface area (TPSA) is 12.0 Å². The maximum Gasteiger partial charge on any atom is 0.146 e. The molecule has 0 saturated carbocycles. The first-order chi connectivity index (χ1) is 9.00. The minimum atomic E-state index is -0.314. The Balaban J connectivity index is 2.28. The van der Waals surface area contributed by atoms with Gasteiger partial charge < -0.3 is 5.32 Å². The Morgan fingerprint density at radius 1 is 1.00 bits per heavy atom. The summed E-state index contributed by atoms with van der Waals surface area (Å²) in [5.41, 5.74) is 1.18. The highest BCUT2D eigenvalue weighted by molar-refractivity contribution is 6.48. The lowest BCUT2D eigenvalue weighted by molar-refractivity contribution is 0.627. The summed E-state index contributed by atoms with van der Waals surface area (Å²) in [6, 6.07) is 9.70. The number of rotatable bonds is 3. The average molecular weight is 319 g/mol. The predicted molar refractivity (Wildman–Crippen MR) is 79.9 cm³/mol. The fourth-order valence-electron chi connectivity index (χ4n) is 1.76. The third-order valence-corrected chi connectivity index (χ3v) is 4.09. The fraction of sp³-hybridized carbons (Fsp3) is 0.143. The Hall–Kier alpha value is -0.960. The summed E-state index contributed by atoms with van der Waals surface area (Å²) in [6.45, 7) is 1.87. The van der Waals surface area contributed by atoms with Gasteiger partial charge in [-0.2, -0.15) is 0 Å². The summed E-state index contributed by atoms with van der Waals surface area (Å²) < 4.78 is 13.6. The molecule has 1 unspecified atom stereocenters. The van der Waals surface area contributed by atoms with Crippen LogP contribution in [0.25, 0.3) is 0 Å². The average Bonchev–Trinajstić information content (AvgIpc) is 2.39. The van der Waals surface area contributed by atoms with Gasteiger partial charge in [0.15, 0.2) is 0 Å². The quantitative estimate of drug-likeness (QED) is 0.689. The molecule has 1 N–H and O–H groups in total. The molecule has 2 rings (SSSR count). The van der Waals surface area contributed by atoms with Crippen molar-refractivity contribution in [3.8, 4) is 0 Å². The zero-order chi connectivity index (χ0) is 14.0. The molecule has 2 aromatic carbocycles. The predicted octanol–water partition coefficient (Wildman–Crippen LogP) is 5.96. The number of hydrogen-bond acceptors (Lipinski definition) is 1. The molecular formula is C14H11Cl3FN. The van der Waals surface area contributed by atoms with Crippen LogP contribution in [0.5, 0.6) is 0 Å². The molecule has 1 atom stereocenters. The van der Waals surface area contributed by atoms with E-state index in [4.69, 9.17) is 34.8 Å². The van der Waals surface area contributed by atoms with Crippen molar-refractivity contribution in [3.63, 3.8) is 0 Å². The van der Waals surface area contributed by atoms with Crippen molar-refractivity contribution in [1.82, 2.24) is 0 Å². The number of nitrogens with one attached hydrogen (secondary N) is 1. The van der Waals surface area contributed by atoms with Gasteiger partial charge in [0, 0.05) is 0 Å². The zero-order valence-electron chi connectivity index (χ0n) is 10.1. The van der Waals surface area contributed by atoms with Gasteiger partial charge in [0.2, 0.25) is 0 Å². The van der Waals surface area contributed by atoms with Crippen LogP contribution in [-0.4, -0.2) is 0 Å². The van der Waals surface area contributed by atoms with Crippen LogP contribution in [0, 0.1) is 5.82 Å². The van der Waals surface area contributed by atoms with E-state index in [1.807, 2.05) is 6.92 Å². The van der Waals surface area contributed by atoms with Gasteiger partial charge >= 0.3 is 0 Å². The van der Waals surface area contributed by atoms with Crippen molar-refractivity contribution >= 4 is 40.5 Å². The second kappa shape index (κ2) is 6.00. The molecule has 2 aromatic rings. The molecule has 0 spiro atoms. The Bertz CT molecular complexity index is 601. The van der Waals surface area contributed by atoms with Gasteiger partial charge in [-0.05, 0) is 30.7 Å². The van der Waals surface area contributed by atoms with Crippen LogP contribution in [0.1, 0.15) is 18.5 Å². The van der Waals surface area contributed by atoms with Crippen molar-refractivity contribution in [2.45, 2.75) is 13.0 Å². The molecule has 0 heterocycles. The van der Waals surface area contributed by atoms with E-state index in [1.54, 1.807) is 30.3 Å². The van der Waals surface area contributed by atoms with Gasteiger partial charge in [0.05, 0.1) is 26.8 Å². The number of anilines is 1. The molecule has 0 fully saturated rings. The molecule has 0 aromatic heterocycles. The van der Waals surface area contributed by atoms with Gasteiger partial charge in [0.25, 0.3) is 0 Å². The van der Waals surface area contributed by atoms with E-state index >= 15 is 0 Å². The van der Waals surface area contributed by atoms with Crippen molar-refractivity contribution in [3.05, 3.63) is 62.8 Å². The van der Waals surface area contributed by atoms with E-state index < -0.39 is 0 Å². The van der Waals surface area contributed by atoms with E-state index in [0.717, 1.165) is 5.56 Å². The van der Waals surface area contributed by atoms with E-state index in [0.29, 0.717) is 20.8 Å². The van der Waals surface area contributed by atoms with E-state index in [-0.39, 0.29) is 11.9 Å². The SMILES string of the molecule is CC(Nc1ccccc1F)c1ccc(Cl)c(Cl)c1Cl. The normalized spacial score (nSPS) is 12.3. The number of benzene rings is 2. The summed E-state index contributed by atoms with van der Waals surface area (Å²) in [5, 5.41) is 4.14. The molecule has 0 aliphatic heterocycles. The first-order valence-electron chi connectivity index (χ1n) is 5.65. The lowest BCUT2D eigenvalue weighted by Gasteiger charge is -2.18. The third kappa shape index (κ3) is 3.14. The Labute approximate surface area is 126 Å². The summed E-state index contributed by atoms with van der Waals surface area (Å²) in [7, 11) is 0. The first-order valence-corrected chi connectivity index (χ1v) is 6.78. The van der Waals surface area contributed by atoms with Crippen molar-refractivity contribution in [1.29, 1.82) is 0 Å². The first kappa shape index (κ1) is 14.4. The van der Waals surface area contributed by atoms with Gasteiger partial charge in [-0.25, -0.2) is 4.39 Å². The van der Waals surface area contributed by atoms with Crippen LogP contribution in [0.4, 0.5) is 10.1 Å². The second-order valence-corrected chi connectivity index (χ2v) is 5.27. The molecule has 0 amide bonds. The highest BCUT2D eigenvalue weighted by atomic mass is 35.5. The van der Waals surface area contributed by atoms with Gasteiger partial charge in [-0.15, -0.1) is 0 Å². The van der Waals surface area contributed by atoms with Crippen LogP contribution in [0.2, 0.25) is 15.1 Å². The Morgan fingerprint density at radius 2 is 1.68 bits per heavy atom. The molecule has 0 aliphatic rings. The largest absolute Gasteiger partial charge is 0.376 e. The van der Waals surface area contributed by atoms with E-state index in [2.05, 4.69) is 5.32 Å². The molecule has 0 aliphatic carbocycles. The highest BCUT2D eigenvalue weighted by Gasteiger charge is 2.15. The molecule has 0 saturated heterocycles. The summed E-state index contributed by atoms with van der Waals surface area (Å²) >= 11 is 18.0. The molecule has 1 nitrogen and oxygen atoms in total. The van der Waals surface area contributed by atoms with Crippen molar-refractivity contribution in [2.24, 2.45) is 0 Å². The Kier molecular flexibility index (Phi) is 4.56. The monoisotopic (exact) mass is 317 g/mol. The zero-order valence-corrected chi connectivity index (χ0v) is 12.3. The van der Waals surface area contributed by atoms with E-state index in [9.17, 15) is 4.39 Å². The third-order valence-electron chi connectivity index (χ3n) is 2.78. The fourth-order valence-corrected chi connectivity index (χ4v) is 2.47. The van der Waals surface area contributed by atoms with Gasteiger partial charge in [-0.1, -0.05) is 53.0 Å². The molecule has 5 heteroatoms. The van der Waals surface area contributed by atoms with E-state index in [1.165, 1.54) is 6.07 Å². The van der Waals surface area contributed by atoms with Crippen molar-refractivity contribution < 1.29 is 4.39 Å². The highest BCUT2D eigenvalue weighted by Crippen LogP contribution is 2.36. The summed E-state index contributed by atoms with van der Waals surface area (Å²) in [6.07, 6.45) is 0. The van der Waals surface area contributed by atoms with Crippen molar-refractivity contribution in [2.75, 3.05) is 5.32 Å². The minimum absolute atomic E-state index is 0.195. The molecule has 100 valence electrons. The van der Waals surface area contributed by atoms with Gasteiger partial charge in [0.1, 0.15) is 5.82 Å². The van der Waals surface area contributed by atoms with Gasteiger partial charge in [-0.3, -0.25) is 0 Å². The van der Waals surface area contributed by atoms with Crippen LogP contribution in [-0.2, 0) is 0 Å². The molecule has 0 bridgehead atoms. The Morgan fingerprint density at radius 3 is 2.37 bits per heavy atom. The molecule has 0 radical (unpaired) electrons. The second-order valence-electron chi connectivity index (χ2n) is 4.11. The molecular weight excluding hydrogens is 308 g/mol.